The summed E-state index contributed by atoms with van der Waals surface area (Å²) in [5.74, 6) is -0.383. The SMILES string of the molecule is Cn1ccnc1CC[C@]1(c2ccc(Cl)cc2)OC[C@H](COC(=O)c2ccccc2)O1. The summed E-state index contributed by atoms with van der Waals surface area (Å²) in [6.45, 7) is 0.441. The van der Waals surface area contributed by atoms with Crippen molar-refractivity contribution in [2.45, 2.75) is 24.7 Å². The molecule has 4 rings (SSSR count). The first-order valence-corrected chi connectivity index (χ1v) is 10.2. The molecular weight excluding hydrogens is 404 g/mol. The topological polar surface area (TPSA) is 62.6 Å². The number of rotatable bonds is 7. The van der Waals surface area contributed by atoms with E-state index in [1.54, 1.807) is 30.5 Å². The maximum atomic E-state index is 12.2. The van der Waals surface area contributed by atoms with Crippen molar-refractivity contribution in [3.63, 3.8) is 0 Å². The molecule has 2 atom stereocenters. The summed E-state index contributed by atoms with van der Waals surface area (Å²) in [7, 11) is 1.96. The summed E-state index contributed by atoms with van der Waals surface area (Å²) >= 11 is 6.06. The lowest BCUT2D eigenvalue weighted by molar-refractivity contribution is -0.185. The van der Waals surface area contributed by atoms with Crippen molar-refractivity contribution in [3.8, 4) is 0 Å². The van der Waals surface area contributed by atoms with Crippen LogP contribution in [0.25, 0.3) is 0 Å². The van der Waals surface area contributed by atoms with Crippen LogP contribution in [0.3, 0.4) is 0 Å². The Morgan fingerprint density at radius 1 is 1.23 bits per heavy atom. The lowest BCUT2D eigenvalue weighted by atomic mass is 10.0. The van der Waals surface area contributed by atoms with Crippen molar-refractivity contribution in [2.24, 2.45) is 7.05 Å². The maximum Gasteiger partial charge on any atom is 0.338 e. The van der Waals surface area contributed by atoms with Crippen LogP contribution in [0.5, 0.6) is 0 Å². The van der Waals surface area contributed by atoms with Crippen molar-refractivity contribution in [3.05, 3.63) is 89.0 Å². The smallest absolute Gasteiger partial charge is 0.338 e. The molecule has 2 aromatic carbocycles. The van der Waals surface area contributed by atoms with Gasteiger partial charge in [-0.05, 0) is 24.3 Å². The van der Waals surface area contributed by atoms with Crippen LogP contribution in [0.1, 0.15) is 28.2 Å². The van der Waals surface area contributed by atoms with E-state index >= 15 is 0 Å². The second-order valence-corrected chi connectivity index (χ2v) is 7.67. The van der Waals surface area contributed by atoms with Crippen molar-refractivity contribution >= 4 is 17.6 Å². The highest BCUT2D eigenvalue weighted by molar-refractivity contribution is 6.30. The van der Waals surface area contributed by atoms with E-state index in [0.717, 1.165) is 11.4 Å². The number of hydrogen-bond donors (Lipinski definition) is 0. The van der Waals surface area contributed by atoms with Gasteiger partial charge in [0.05, 0.1) is 12.2 Å². The number of halogens is 1. The Bertz CT molecular complexity index is 990. The Morgan fingerprint density at radius 3 is 2.70 bits per heavy atom. The quantitative estimate of drug-likeness (QED) is 0.531. The van der Waals surface area contributed by atoms with Crippen molar-refractivity contribution in [1.82, 2.24) is 9.55 Å². The Balaban J connectivity index is 1.46. The van der Waals surface area contributed by atoms with E-state index in [9.17, 15) is 4.79 Å². The number of ether oxygens (including phenoxy) is 3. The summed E-state index contributed by atoms with van der Waals surface area (Å²) in [6, 6.07) is 16.3. The van der Waals surface area contributed by atoms with Crippen molar-refractivity contribution in [2.75, 3.05) is 13.2 Å². The molecule has 0 N–H and O–H groups in total. The normalized spacial score (nSPS) is 20.9. The molecule has 1 aliphatic heterocycles. The van der Waals surface area contributed by atoms with Crippen LogP contribution in [0.2, 0.25) is 5.02 Å². The van der Waals surface area contributed by atoms with Gasteiger partial charge in [-0.25, -0.2) is 9.78 Å². The van der Waals surface area contributed by atoms with E-state index in [0.29, 0.717) is 30.0 Å². The second-order valence-electron chi connectivity index (χ2n) is 7.23. The first-order chi connectivity index (χ1) is 14.6. The van der Waals surface area contributed by atoms with Gasteiger partial charge < -0.3 is 18.8 Å². The molecule has 0 amide bonds. The van der Waals surface area contributed by atoms with E-state index in [1.165, 1.54) is 0 Å². The van der Waals surface area contributed by atoms with Gasteiger partial charge in [0.15, 0.2) is 5.79 Å². The van der Waals surface area contributed by atoms with Gasteiger partial charge in [-0.3, -0.25) is 0 Å². The number of aryl methyl sites for hydroxylation is 2. The van der Waals surface area contributed by atoms with Crippen LogP contribution in [-0.2, 0) is 33.5 Å². The van der Waals surface area contributed by atoms with Gasteiger partial charge in [-0.2, -0.15) is 0 Å². The van der Waals surface area contributed by atoms with Gasteiger partial charge in [0, 0.05) is 42.9 Å². The number of esters is 1. The van der Waals surface area contributed by atoms with E-state index in [4.69, 9.17) is 25.8 Å². The number of benzene rings is 2. The summed E-state index contributed by atoms with van der Waals surface area (Å²) in [5, 5.41) is 0.643. The summed E-state index contributed by atoms with van der Waals surface area (Å²) in [6.07, 6.45) is 4.55. The molecule has 0 bridgehead atoms. The molecular formula is C23H23ClN2O4. The van der Waals surface area contributed by atoms with Crippen LogP contribution in [0.4, 0.5) is 0 Å². The number of hydrogen-bond acceptors (Lipinski definition) is 5. The number of carbonyl (C=O) groups is 1. The molecule has 1 aliphatic rings. The second kappa shape index (κ2) is 9.00. The minimum absolute atomic E-state index is 0.117. The van der Waals surface area contributed by atoms with Crippen LogP contribution in [-0.4, -0.2) is 34.8 Å². The van der Waals surface area contributed by atoms with Crippen molar-refractivity contribution < 1.29 is 19.0 Å². The fourth-order valence-electron chi connectivity index (χ4n) is 3.52. The zero-order chi connectivity index (χ0) is 21.0. The maximum absolute atomic E-state index is 12.2. The fraction of sp³-hybridized carbons (Fsp3) is 0.304. The molecule has 7 heteroatoms. The zero-order valence-electron chi connectivity index (χ0n) is 16.7. The van der Waals surface area contributed by atoms with Gasteiger partial charge >= 0.3 is 5.97 Å². The third-order valence-electron chi connectivity index (χ3n) is 5.15. The van der Waals surface area contributed by atoms with E-state index in [1.807, 2.05) is 48.1 Å². The van der Waals surface area contributed by atoms with Crippen LogP contribution in [0, 0.1) is 0 Å². The molecule has 1 fully saturated rings. The average molecular weight is 427 g/mol. The van der Waals surface area contributed by atoms with Gasteiger partial charge in [0.25, 0.3) is 0 Å². The first-order valence-electron chi connectivity index (χ1n) is 9.82. The summed E-state index contributed by atoms with van der Waals surface area (Å²) < 4.78 is 19.9. The largest absolute Gasteiger partial charge is 0.459 e. The Morgan fingerprint density at radius 2 is 2.00 bits per heavy atom. The van der Waals surface area contributed by atoms with Crippen LogP contribution in [0.15, 0.2) is 67.0 Å². The molecule has 3 aromatic rings. The van der Waals surface area contributed by atoms with E-state index in [2.05, 4.69) is 4.98 Å². The molecule has 2 heterocycles. The van der Waals surface area contributed by atoms with Gasteiger partial charge in [0.1, 0.15) is 18.5 Å². The molecule has 1 aromatic heterocycles. The first kappa shape index (κ1) is 20.6. The molecule has 0 saturated carbocycles. The predicted molar refractivity (Wildman–Crippen MR) is 112 cm³/mol. The molecule has 1 saturated heterocycles. The molecule has 0 radical (unpaired) electrons. The van der Waals surface area contributed by atoms with E-state index in [-0.39, 0.29) is 18.7 Å². The highest BCUT2D eigenvalue weighted by Crippen LogP contribution is 2.39. The third kappa shape index (κ3) is 4.56. The highest BCUT2D eigenvalue weighted by atomic mass is 35.5. The minimum Gasteiger partial charge on any atom is -0.459 e. The standard InChI is InChI=1S/C23H23ClN2O4/c1-26-14-13-25-21(26)11-12-23(18-7-9-19(24)10-8-18)29-16-20(30-23)15-28-22(27)17-5-3-2-4-6-17/h2-10,13-14,20H,11-12,15-16H2,1H3/t20-,23-/m0/s1. The van der Waals surface area contributed by atoms with Crippen LogP contribution >= 0.6 is 11.6 Å². The number of imidazole rings is 1. The Labute approximate surface area is 180 Å². The lowest BCUT2D eigenvalue weighted by Crippen LogP contribution is -2.30. The summed E-state index contributed by atoms with van der Waals surface area (Å²) in [5.41, 5.74) is 1.38. The lowest BCUT2D eigenvalue weighted by Gasteiger charge is -2.28. The Hall–Kier alpha value is -2.67. The van der Waals surface area contributed by atoms with Gasteiger partial charge in [-0.15, -0.1) is 0 Å². The zero-order valence-corrected chi connectivity index (χ0v) is 17.4. The molecule has 6 nitrogen and oxygen atoms in total. The Kier molecular flexibility index (Phi) is 6.18. The molecule has 0 aliphatic carbocycles. The number of aromatic nitrogens is 2. The van der Waals surface area contributed by atoms with Crippen LogP contribution < -0.4 is 0 Å². The minimum atomic E-state index is -0.944. The van der Waals surface area contributed by atoms with Gasteiger partial charge in [0.2, 0.25) is 0 Å². The number of carbonyl (C=O) groups excluding carboxylic acids is 1. The molecule has 0 unspecified atom stereocenters. The third-order valence-corrected chi connectivity index (χ3v) is 5.40. The van der Waals surface area contributed by atoms with Gasteiger partial charge in [-0.1, -0.05) is 41.9 Å². The highest BCUT2D eigenvalue weighted by Gasteiger charge is 2.43. The number of nitrogens with zero attached hydrogens (tertiary/aromatic N) is 2. The summed E-state index contributed by atoms with van der Waals surface area (Å²) in [4.78, 5) is 16.6. The molecule has 0 spiro atoms. The predicted octanol–water partition coefficient (Wildman–Crippen LogP) is 4.13. The average Bonchev–Trinajstić information content (AvgIpc) is 3.38. The fourth-order valence-corrected chi connectivity index (χ4v) is 3.64. The monoisotopic (exact) mass is 426 g/mol. The van der Waals surface area contributed by atoms with Crippen molar-refractivity contribution in [1.29, 1.82) is 0 Å². The molecule has 30 heavy (non-hydrogen) atoms. The van der Waals surface area contributed by atoms with E-state index < -0.39 is 5.79 Å². The molecule has 156 valence electrons.